The fraction of sp³-hybridized carbons (Fsp3) is 0.545. The number of hydrogen-bond donors (Lipinski definition) is 1. The quantitative estimate of drug-likeness (QED) is 0.736. The number of furan rings is 1. The normalized spacial score (nSPS) is 29.5. The first-order valence-electron chi connectivity index (χ1n) is 5.41. The van der Waals surface area contributed by atoms with Crippen molar-refractivity contribution in [3.8, 4) is 0 Å². The zero-order valence-corrected chi connectivity index (χ0v) is 8.48. The summed E-state index contributed by atoms with van der Waals surface area (Å²) in [6, 6.07) is 3.98. The lowest BCUT2D eigenvalue weighted by molar-refractivity contribution is 0.0751. The maximum Gasteiger partial charge on any atom is 0.289 e. The van der Waals surface area contributed by atoms with E-state index in [2.05, 4.69) is 5.32 Å². The first-order valence-corrected chi connectivity index (χ1v) is 5.41. The van der Waals surface area contributed by atoms with Gasteiger partial charge in [-0.3, -0.25) is 4.79 Å². The zero-order chi connectivity index (χ0) is 10.3. The number of nitrogens with zero attached hydrogens (tertiary/aromatic N) is 1. The third-order valence-corrected chi connectivity index (χ3v) is 3.38. The van der Waals surface area contributed by atoms with Crippen LogP contribution in [0, 0.1) is 5.92 Å². The van der Waals surface area contributed by atoms with E-state index in [1.165, 1.54) is 6.42 Å². The van der Waals surface area contributed by atoms with Crippen LogP contribution >= 0.6 is 0 Å². The standard InChI is InChI=1S/C11H14N2O2/c14-11(10-2-1-5-15-10)13-6-8-3-4-12-9(8)7-13/h1-2,5,8-9,12H,3-4,6-7H2/t8-,9+/m0/s1. The van der Waals surface area contributed by atoms with Crippen LogP contribution in [-0.4, -0.2) is 36.5 Å². The maximum absolute atomic E-state index is 11.9. The van der Waals surface area contributed by atoms with Crippen LogP contribution < -0.4 is 5.32 Å². The predicted octanol–water partition coefficient (Wildman–Crippen LogP) is 0.713. The molecule has 2 saturated heterocycles. The molecule has 2 atom stereocenters. The lowest BCUT2D eigenvalue weighted by Crippen LogP contribution is -2.33. The molecule has 1 amide bonds. The first kappa shape index (κ1) is 8.97. The van der Waals surface area contributed by atoms with Crippen molar-refractivity contribution in [1.82, 2.24) is 10.2 Å². The molecular weight excluding hydrogens is 192 g/mol. The smallest absolute Gasteiger partial charge is 0.289 e. The van der Waals surface area contributed by atoms with Gasteiger partial charge in [-0.25, -0.2) is 0 Å². The highest BCUT2D eigenvalue weighted by Gasteiger charge is 2.38. The number of hydrogen-bond acceptors (Lipinski definition) is 3. The fourth-order valence-electron chi connectivity index (χ4n) is 2.57. The average Bonchev–Trinajstić information content (AvgIpc) is 2.92. The van der Waals surface area contributed by atoms with Crippen molar-refractivity contribution < 1.29 is 9.21 Å². The Morgan fingerprint density at radius 3 is 3.20 bits per heavy atom. The molecule has 4 nitrogen and oxygen atoms in total. The van der Waals surface area contributed by atoms with Gasteiger partial charge in [0.25, 0.3) is 5.91 Å². The van der Waals surface area contributed by atoms with Crippen LogP contribution in [0.5, 0.6) is 0 Å². The molecule has 1 aromatic heterocycles. The van der Waals surface area contributed by atoms with Gasteiger partial charge in [-0.1, -0.05) is 0 Å². The third kappa shape index (κ3) is 1.45. The van der Waals surface area contributed by atoms with Crippen molar-refractivity contribution in [2.75, 3.05) is 19.6 Å². The Hall–Kier alpha value is -1.29. The van der Waals surface area contributed by atoms with Crippen LogP contribution in [0.2, 0.25) is 0 Å². The minimum atomic E-state index is 0.0243. The van der Waals surface area contributed by atoms with Gasteiger partial charge in [0.05, 0.1) is 6.26 Å². The second-order valence-electron chi connectivity index (χ2n) is 4.30. The van der Waals surface area contributed by atoms with E-state index in [0.29, 0.717) is 17.7 Å². The van der Waals surface area contributed by atoms with E-state index < -0.39 is 0 Å². The number of nitrogens with one attached hydrogen (secondary N) is 1. The van der Waals surface area contributed by atoms with Crippen LogP contribution in [0.25, 0.3) is 0 Å². The van der Waals surface area contributed by atoms with Crippen molar-refractivity contribution in [3.05, 3.63) is 24.2 Å². The number of fused-ring (bicyclic) bond motifs is 1. The number of carbonyl (C=O) groups excluding carboxylic acids is 1. The van der Waals surface area contributed by atoms with Crippen LogP contribution in [-0.2, 0) is 0 Å². The summed E-state index contributed by atoms with van der Waals surface area (Å²) in [4.78, 5) is 13.8. The number of rotatable bonds is 1. The van der Waals surface area contributed by atoms with Gasteiger partial charge in [0.2, 0.25) is 0 Å². The van der Waals surface area contributed by atoms with Gasteiger partial charge in [-0.05, 0) is 31.0 Å². The van der Waals surface area contributed by atoms with E-state index in [4.69, 9.17) is 4.42 Å². The third-order valence-electron chi connectivity index (χ3n) is 3.38. The molecule has 80 valence electrons. The Balaban J connectivity index is 1.72. The summed E-state index contributed by atoms with van der Waals surface area (Å²) >= 11 is 0. The predicted molar refractivity (Wildman–Crippen MR) is 54.5 cm³/mol. The van der Waals surface area contributed by atoms with Gasteiger partial charge >= 0.3 is 0 Å². The van der Waals surface area contributed by atoms with Crippen molar-refractivity contribution in [2.45, 2.75) is 12.5 Å². The monoisotopic (exact) mass is 206 g/mol. The Kier molecular flexibility index (Phi) is 2.02. The highest BCUT2D eigenvalue weighted by Crippen LogP contribution is 2.25. The lowest BCUT2D eigenvalue weighted by Gasteiger charge is -2.15. The molecule has 1 aromatic rings. The zero-order valence-electron chi connectivity index (χ0n) is 8.48. The Labute approximate surface area is 88.2 Å². The second kappa shape index (κ2) is 3.38. The SMILES string of the molecule is O=C(c1ccco1)N1C[C@@H]2CCN[C@@H]2C1. The molecule has 2 aliphatic rings. The molecule has 0 aliphatic carbocycles. The highest BCUT2D eigenvalue weighted by molar-refractivity contribution is 5.91. The average molecular weight is 206 g/mol. The number of likely N-dealkylation sites (tertiary alicyclic amines) is 1. The Bertz CT molecular complexity index is 349. The summed E-state index contributed by atoms with van der Waals surface area (Å²) in [6.07, 6.45) is 2.73. The number of carbonyl (C=O) groups is 1. The van der Waals surface area contributed by atoms with Crippen LogP contribution in [0.1, 0.15) is 17.0 Å². The summed E-state index contributed by atoms with van der Waals surface area (Å²) in [6.45, 7) is 2.79. The summed E-state index contributed by atoms with van der Waals surface area (Å²) in [5.41, 5.74) is 0. The van der Waals surface area contributed by atoms with E-state index in [1.54, 1.807) is 18.4 Å². The van der Waals surface area contributed by atoms with Crippen molar-refractivity contribution in [1.29, 1.82) is 0 Å². The van der Waals surface area contributed by atoms with E-state index >= 15 is 0 Å². The van der Waals surface area contributed by atoms with Crippen LogP contribution in [0.3, 0.4) is 0 Å². The summed E-state index contributed by atoms with van der Waals surface area (Å²) in [7, 11) is 0. The van der Waals surface area contributed by atoms with Crippen molar-refractivity contribution in [3.63, 3.8) is 0 Å². The number of amides is 1. The molecule has 2 aliphatic heterocycles. The highest BCUT2D eigenvalue weighted by atomic mass is 16.3. The molecule has 0 aromatic carbocycles. The molecule has 0 unspecified atom stereocenters. The topological polar surface area (TPSA) is 45.5 Å². The largest absolute Gasteiger partial charge is 0.459 e. The van der Waals surface area contributed by atoms with Crippen molar-refractivity contribution >= 4 is 5.91 Å². The summed E-state index contributed by atoms with van der Waals surface area (Å²) in [5.74, 6) is 1.12. The van der Waals surface area contributed by atoms with Gasteiger partial charge in [0.1, 0.15) is 0 Å². The van der Waals surface area contributed by atoms with Gasteiger partial charge in [0.15, 0.2) is 5.76 Å². The minimum absolute atomic E-state index is 0.0243. The molecule has 2 fully saturated rings. The van der Waals surface area contributed by atoms with E-state index in [-0.39, 0.29) is 5.91 Å². The van der Waals surface area contributed by atoms with E-state index in [9.17, 15) is 4.79 Å². The van der Waals surface area contributed by atoms with E-state index in [0.717, 1.165) is 19.6 Å². The molecule has 0 bridgehead atoms. The fourth-order valence-corrected chi connectivity index (χ4v) is 2.57. The minimum Gasteiger partial charge on any atom is -0.459 e. The van der Waals surface area contributed by atoms with Crippen LogP contribution in [0.15, 0.2) is 22.8 Å². The van der Waals surface area contributed by atoms with Gasteiger partial charge in [-0.2, -0.15) is 0 Å². The maximum atomic E-state index is 11.9. The Morgan fingerprint density at radius 1 is 1.53 bits per heavy atom. The molecule has 1 N–H and O–H groups in total. The molecule has 3 heterocycles. The second-order valence-corrected chi connectivity index (χ2v) is 4.30. The lowest BCUT2D eigenvalue weighted by atomic mass is 10.1. The molecule has 3 rings (SSSR count). The summed E-state index contributed by atoms with van der Waals surface area (Å²) < 4.78 is 5.12. The van der Waals surface area contributed by atoms with Crippen LogP contribution in [0.4, 0.5) is 0 Å². The van der Waals surface area contributed by atoms with Gasteiger partial charge in [0, 0.05) is 19.1 Å². The molecular formula is C11H14N2O2. The molecule has 0 radical (unpaired) electrons. The summed E-state index contributed by atoms with van der Waals surface area (Å²) in [5, 5.41) is 3.42. The molecule has 4 heteroatoms. The van der Waals surface area contributed by atoms with Gasteiger partial charge in [-0.15, -0.1) is 0 Å². The first-order chi connectivity index (χ1) is 7.34. The molecule has 0 spiro atoms. The molecule has 0 saturated carbocycles. The van der Waals surface area contributed by atoms with Crippen molar-refractivity contribution in [2.24, 2.45) is 5.92 Å². The Morgan fingerprint density at radius 2 is 2.47 bits per heavy atom. The van der Waals surface area contributed by atoms with E-state index in [1.807, 2.05) is 4.90 Å². The van der Waals surface area contributed by atoms with Gasteiger partial charge < -0.3 is 14.6 Å². The molecule has 15 heavy (non-hydrogen) atoms.